The van der Waals surface area contributed by atoms with Crippen LogP contribution in [0.15, 0.2) is 53.0 Å². The molecule has 116 valence electrons. The van der Waals surface area contributed by atoms with Crippen molar-refractivity contribution >= 4 is 33.2 Å². The highest BCUT2D eigenvalue weighted by molar-refractivity contribution is 9.10. The molecule has 3 rings (SSSR count). The number of nitrogens with one attached hydrogen (secondary N) is 2. The summed E-state index contributed by atoms with van der Waals surface area (Å²) in [5.41, 5.74) is 2.59. The molecule has 22 heavy (non-hydrogen) atoms. The lowest BCUT2D eigenvalue weighted by molar-refractivity contribution is -0.918. The highest BCUT2D eigenvalue weighted by Crippen LogP contribution is 2.17. The largest absolute Gasteiger partial charge is 0.382 e. The van der Waals surface area contributed by atoms with Gasteiger partial charge in [-0.3, -0.25) is 0 Å². The van der Waals surface area contributed by atoms with Gasteiger partial charge in [-0.25, -0.2) is 0 Å². The highest BCUT2D eigenvalue weighted by atomic mass is 79.9. The van der Waals surface area contributed by atoms with E-state index in [2.05, 4.69) is 57.6 Å². The molecular formula is C18H21BrClN2+. The lowest BCUT2D eigenvalue weighted by atomic mass is 10.0. The number of likely N-dealkylation sites (tertiary alicyclic amines) is 1. The standard InChI is InChI=1S/C18H20BrClN2/c19-15-3-7-17(8-4-15)21-18-9-11-22(12-10-18)13-14-1-5-16(20)6-2-14/h1-8,18,21H,9-13H2/p+1. The first kappa shape index (κ1) is 15.9. The predicted octanol–water partition coefficient (Wildman–Crippen LogP) is 3.76. The lowest BCUT2D eigenvalue weighted by Gasteiger charge is -2.30. The molecule has 2 aromatic rings. The van der Waals surface area contributed by atoms with E-state index in [0.29, 0.717) is 6.04 Å². The van der Waals surface area contributed by atoms with Gasteiger partial charge >= 0.3 is 0 Å². The summed E-state index contributed by atoms with van der Waals surface area (Å²) in [5, 5.41) is 4.46. The van der Waals surface area contributed by atoms with Crippen molar-refractivity contribution in [1.29, 1.82) is 0 Å². The number of hydrogen-bond donors (Lipinski definition) is 2. The molecule has 0 radical (unpaired) electrons. The zero-order valence-electron chi connectivity index (χ0n) is 12.5. The SMILES string of the molecule is Clc1ccc(C[NH+]2CCC(Nc3ccc(Br)cc3)CC2)cc1. The van der Waals surface area contributed by atoms with Gasteiger partial charge in [0, 0.05) is 39.6 Å². The molecule has 0 aromatic heterocycles. The number of hydrogen-bond acceptors (Lipinski definition) is 1. The lowest BCUT2D eigenvalue weighted by Crippen LogP contribution is -3.12. The van der Waals surface area contributed by atoms with Crippen molar-refractivity contribution in [2.45, 2.75) is 25.4 Å². The molecule has 0 spiro atoms. The summed E-state index contributed by atoms with van der Waals surface area (Å²) in [6.45, 7) is 3.54. The number of piperidine rings is 1. The zero-order valence-corrected chi connectivity index (χ0v) is 14.8. The van der Waals surface area contributed by atoms with Crippen LogP contribution in [0, 0.1) is 0 Å². The normalized spacial score (nSPS) is 21.5. The second kappa shape index (κ2) is 7.49. The third-order valence-electron chi connectivity index (χ3n) is 4.28. The van der Waals surface area contributed by atoms with Gasteiger partial charge in [0.25, 0.3) is 0 Å². The van der Waals surface area contributed by atoms with Crippen LogP contribution in [0.25, 0.3) is 0 Å². The van der Waals surface area contributed by atoms with Crippen LogP contribution < -0.4 is 10.2 Å². The molecule has 1 aliphatic rings. The molecule has 0 amide bonds. The van der Waals surface area contributed by atoms with Gasteiger partial charge < -0.3 is 10.2 Å². The first-order valence-corrected chi connectivity index (χ1v) is 8.96. The van der Waals surface area contributed by atoms with Crippen LogP contribution in [0.3, 0.4) is 0 Å². The van der Waals surface area contributed by atoms with E-state index in [1.165, 1.54) is 37.2 Å². The smallest absolute Gasteiger partial charge is 0.103 e. The van der Waals surface area contributed by atoms with Crippen molar-refractivity contribution in [3.05, 3.63) is 63.6 Å². The molecule has 2 aromatic carbocycles. The third kappa shape index (κ3) is 4.48. The predicted molar refractivity (Wildman–Crippen MR) is 96.6 cm³/mol. The molecule has 2 nitrogen and oxygen atoms in total. The minimum atomic E-state index is 0.593. The van der Waals surface area contributed by atoms with E-state index in [4.69, 9.17) is 11.6 Å². The van der Waals surface area contributed by atoms with E-state index in [1.807, 2.05) is 12.1 Å². The van der Waals surface area contributed by atoms with Crippen molar-refractivity contribution in [2.24, 2.45) is 0 Å². The van der Waals surface area contributed by atoms with Crippen molar-refractivity contribution < 1.29 is 4.90 Å². The van der Waals surface area contributed by atoms with Crippen LogP contribution >= 0.6 is 27.5 Å². The Kier molecular flexibility index (Phi) is 5.40. The van der Waals surface area contributed by atoms with Crippen molar-refractivity contribution in [2.75, 3.05) is 18.4 Å². The van der Waals surface area contributed by atoms with Gasteiger partial charge in [-0.1, -0.05) is 39.7 Å². The maximum atomic E-state index is 5.94. The topological polar surface area (TPSA) is 16.5 Å². The van der Waals surface area contributed by atoms with Gasteiger partial charge in [0.15, 0.2) is 0 Å². The molecular weight excluding hydrogens is 360 g/mol. The van der Waals surface area contributed by atoms with E-state index >= 15 is 0 Å². The fourth-order valence-corrected chi connectivity index (χ4v) is 3.41. The molecule has 0 saturated carbocycles. The van der Waals surface area contributed by atoms with Crippen LogP contribution in [0.1, 0.15) is 18.4 Å². The van der Waals surface area contributed by atoms with E-state index in [-0.39, 0.29) is 0 Å². The molecule has 1 heterocycles. The quantitative estimate of drug-likeness (QED) is 0.825. The summed E-state index contributed by atoms with van der Waals surface area (Å²) < 4.78 is 1.13. The molecule has 0 atom stereocenters. The Morgan fingerprint density at radius 2 is 1.64 bits per heavy atom. The Hall–Kier alpha value is -1.03. The number of halogens is 2. The summed E-state index contributed by atoms with van der Waals surface area (Å²) in [4.78, 5) is 1.66. The molecule has 0 bridgehead atoms. The third-order valence-corrected chi connectivity index (χ3v) is 5.06. The van der Waals surface area contributed by atoms with Crippen LogP contribution in [0.4, 0.5) is 5.69 Å². The average Bonchev–Trinajstić information content (AvgIpc) is 2.54. The number of benzene rings is 2. The Bertz CT molecular complexity index is 534. The fraction of sp³-hybridized carbons (Fsp3) is 0.333. The summed E-state index contributed by atoms with van der Waals surface area (Å²) in [6, 6.07) is 17.3. The Labute approximate surface area is 145 Å². The maximum Gasteiger partial charge on any atom is 0.103 e. The molecule has 1 aliphatic heterocycles. The molecule has 0 unspecified atom stereocenters. The molecule has 1 fully saturated rings. The maximum absolute atomic E-state index is 5.94. The van der Waals surface area contributed by atoms with Crippen LogP contribution in [-0.2, 0) is 6.54 Å². The summed E-state index contributed by atoms with van der Waals surface area (Å²) in [7, 11) is 0. The first-order valence-electron chi connectivity index (χ1n) is 7.79. The first-order chi connectivity index (χ1) is 10.7. The number of anilines is 1. The van der Waals surface area contributed by atoms with Gasteiger partial charge in [-0.05, 0) is 36.4 Å². The zero-order chi connectivity index (χ0) is 15.4. The molecule has 0 aliphatic carbocycles. The molecule has 1 saturated heterocycles. The summed E-state index contributed by atoms with van der Waals surface area (Å²) >= 11 is 9.42. The van der Waals surface area contributed by atoms with E-state index in [1.54, 1.807) is 4.90 Å². The van der Waals surface area contributed by atoms with Crippen molar-refractivity contribution in [3.63, 3.8) is 0 Å². The van der Waals surface area contributed by atoms with Crippen molar-refractivity contribution in [1.82, 2.24) is 0 Å². The second-order valence-corrected chi connectivity index (χ2v) is 7.33. The van der Waals surface area contributed by atoms with Gasteiger partial charge in [0.05, 0.1) is 13.1 Å². The van der Waals surface area contributed by atoms with E-state index < -0.39 is 0 Å². The monoisotopic (exact) mass is 379 g/mol. The molecule has 2 N–H and O–H groups in total. The number of quaternary nitrogens is 1. The van der Waals surface area contributed by atoms with Gasteiger partial charge in [-0.15, -0.1) is 0 Å². The highest BCUT2D eigenvalue weighted by Gasteiger charge is 2.22. The van der Waals surface area contributed by atoms with Gasteiger partial charge in [0.1, 0.15) is 6.54 Å². The van der Waals surface area contributed by atoms with Crippen LogP contribution in [0.5, 0.6) is 0 Å². The van der Waals surface area contributed by atoms with E-state index in [0.717, 1.165) is 16.0 Å². The summed E-state index contributed by atoms with van der Waals surface area (Å²) in [5.74, 6) is 0. The van der Waals surface area contributed by atoms with E-state index in [9.17, 15) is 0 Å². The Morgan fingerprint density at radius 1 is 1.00 bits per heavy atom. The Balaban J connectivity index is 1.47. The minimum Gasteiger partial charge on any atom is -0.382 e. The van der Waals surface area contributed by atoms with Crippen LogP contribution in [0.2, 0.25) is 5.02 Å². The second-order valence-electron chi connectivity index (χ2n) is 5.98. The van der Waals surface area contributed by atoms with Crippen molar-refractivity contribution in [3.8, 4) is 0 Å². The fourth-order valence-electron chi connectivity index (χ4n) is 3.02. The Morgan fingerprint density at radius 3 is 2.27 bits per heavy atom. The van der Waals surface area contributed by atoms with Gasteiger partial charge in [-0.2, -0.15) is 0 Å². The summed E-state index contributed by atoms with van der Waals surface area (Å²) in [6.07, 6.45) is 2.44. The number of rotatable bonds is 4. The van der Waals surface area contributed by atoms with Crippen LogP contribution in [-0.4, -0.2) is 19.1 Å². The van der Waals surface area contributed by atoms with Gasteiger partial charge in [0.2, 0.25) is 0 Å². The molecule has 4 heteroatoms. The minimum absolute atomic E-state index is 0.593. The average molecular weight is 381 g/mol.